The van der Waals surface area contributed by atoms with Crippen molar-refractivity contribution >= 4 is 27.4 Å². The highest BCUT2D eigenvalue weighted by molar-refractivity contribution is 9.10. The van der Waals surface area contributed by atoms with Crippen molar-refractivity contribution in [2.75, 3.05) is 0 Å². The number of nitrogens with zero attached hydrogens (tertiary/aromatic N) is 2. The lowest BCUT2D eigenvalue weighted by Crippen LogP contribution is -2.04. The van der Waals surface area contributed by atoms with E-state index in [1.54, 1.807) is 6.07 Å². The highest BCUT2D eigenvalue weighted by atomic mass is 79.9. The zero-order valence-corrected chi connectivity index (χ0v) is 9.24. The van der Waals surface area contributed by atoms with E-state index in [2.05, 4.69) is 15.9 Å². The summed E-state index contributed by atoms with van der Waals surface area (Å²) in [7, 11) is 0. The van der Waals surface area contributed by atoms with Crippen molar-refractivity contribution < 1.29 is 9.72 Å². The Hall–Kier alpha value is -1.74. The van der Waals surface area contributed by atoms with Crippen LogP contribution in [0, 0.1) is 21.4 Å². The van der Waals surface area contributed by atoms with Crippen LogP contribution in [0.25, 0.3) is 0 Å². The van der Waals surface area contributed by atoms with Gasteiger partial charge in [-0.3, -0.25) is 14.9 Å². The van der Waals surface area contributed by atoms with Crippen molar-refractivity contribution in [2.24, 2.45) is 0 Å². The maximum Gasteiger partial charge on any atom is 0.295 e. The minimum absolute atomic E-state index is 0.0115. The molecule has 0 aliphatic rings. The molecule has 0 N–H and O–H groups in total. The van der Waals surface area contributed by atoms with Crippen LogP contribution in [0.5, 0.6) is 0 Å². The first-order chi connectivity index (χ1) is 6.99. The molecule has 0 saturated carbocycles. The van der Waals surface area contributed by atoms with Gasteiger partial charge in [0.1, 0.15) is 11.6 Å². The third-order valence-electron chi connectivity index (χ3n) is 1.78. The summed E-state index contributed by atoms with van der Waals surface area (Å²) < 4.78 is 0.191. The van der Waals surface area contributed by atoms with Gasteiger partial charge in [-0.2, -0.15) is 5.26 Å². The molecule has 0 amide bonds. The first kappa shape index (κ1) is 11.3. The number of rotatable bonds is 2. The van der Waals surface area contributed by atoms with Crippen molar-refractivity contribution in [1.82, 2.24) is 0 Å². The summed E-state index contributed by atoms with van der Waals surface area (Å²) >= 11 is 2.98. The van der Waals surface area contributed by atoms with Gasteiger partial charge in [-0.15, -0.1) is 0 Å². The molecule has 1 aromatic rings. The molecule has 0 radical (unpaired) electrons. The summed E-state index contributed by atoms with van der Waals surface area (Å²) in [5.74, 6) is -0.500. The maximum absolute atomic E-state index is 11.2. The van der Waals surface area contributed by atoms with Crippen LogP contribution >= 0.6 is 15.9 Å². The summed E-state index contributed by atoms with van der Waals surface area (Å²) in [6.07, 6.45) is 0. The number of nitro benzene ring substituents is 1. The quantitative estimate of drug-likeness (QED) is 0.469. The molecule has 0 atom stereocenters. The number of nitro groups is 1. The zero-order valence-electron chi connectivity index (χ0n) is 7.65. The molecule has 0 aromatic heterocycles. The van der Waals surface area contributed by atoms with Crippen molar-refractivity contribution in [2.45, 2.75) is 6.92 Å². The Labute approximate surface area is 93.6 Å². The van der Waals surface area contributed by atoms with Gasteiger partial charge in [0, 0.05) is 0 Å². The first-order valence-corrected chi connectivity index (χ1v) is 4.66. The summed E-state index contributed by atoms with van der Waals surface area (Å²) in [6, 6.07) is 4.50. The average Bonchev–Trinajstić information content (AvgIpc) is 2.16. The molecule has 0 bridgehead atoms. The van der Waals surface area contributed by atoms with Gasteiger partial charge in [-0.05, 0) is 35.0 Å². The molecule has 0 spiro atoms. The second kappa shape index (κ2) is 4.19. The number of Topliss-reactive ketones (excluding diaryl/α,β-unsaturated/α-hetero) is 1. The van der Waals surface area contributed by atoms with E-state index in [-0.39, 0.29) is 21.3 Å². The minimum atomic E-state index is -0.679. The van der Waals surface area contributed by atoms with Gasteiger partial charge in [-0.25, -0.2) is 0 Å². The average molecular weight is 269 g/mol. The van der Waals surface area contributed by atoms with E-state index in [0.29, 0.717) is 0 Å². The van der Waals surface area contributed by atoms with Crippen LogP contribution in [-0.2, 0) is 0 Å². The van der Waals surface area contributed by atoms with Crippen LogP contribution in [0.1, 0.15) is 22.8 Å². The largest absolute Gasteiger partial charge is 0.295 e. The molecule has 0 heterocycles. The van der Waals surface area contributed by atoms with Crippen LogP contribution < -0.4 is 0 Å². The Morgan fingerprint density at radius 1 is 1.60 bits per heavy atom. The zero-order chi connectivity index (χ0) is 11.6. The summed E-state index contributed by atoms with van der Waals surface area (Å²) in [5.41, 5.74) is -0.504. The predicted octanol–water partition coefficient (Wildman–Crippen LogP) is 2.43. The van der Waals surface area contributed by atoms with Gasteiger partial charge in [0.15, 0.2) is 5.78 Å². The lowest BCUT2D eigenvalue weighted by Gasteiger charge is -2.02. The fraction of sp³-hybridized carbons (Fsp3) is 0.111. The van der Waals surface area contributed by atoms with E-state index < -0.39 is 10.7 Å². The first-order valence-electron chi connectivity index (χ1n) is 3.87. The van der Waals surface area contributed by atoms with Gasteiger partial charge >= 0.3 is 0 Å². The lowest BCUT2D eigenvalue weighted by atomic mass is 10.0. The van der Waals surface area contributed by atoms with Crippen LogP contribution in [0.2, 0.25) is 0 Å². The number of hydrogen-bond donors (Lipinski definition) is 0. The molecule has 1 aromatic carbocycles. The molecule has 1 rings (SSSR count). The van der Waals surface area contributed by atoms with Gasteiger partial charge in [-0.1, -0.05) is 0 Å². The van der Waals surface area contributed by atoms with E-state index in [1.807, 2.05) is 0 Å². The van der Waals surface area contributed by atoms with E-state index >= 15 is 0 Å². The molecule has 6 heteroatoms. The molecular formula is C9H5BrN2O3. The predicted molar refractivity (Wildman–Crippen MR) is 55.5 cm³/mol. The van der Waals surface area contributed by atoms with Crippen LogP contribution in [0.3, 0.4) is 0 Å². The monoisotopic (exact) mass is 268 g/mol. The standard InChI is InChI=1S/C9H5BrN2O3/c1-5(13)8-6(4-11)2-3-7(10)9(8)12(14)15/h2-3H,1H3. The third-order valence-corrected chi connectivity index (χ3v) is 2.42. The highest BCUT2D eigenvalue weighted by Gasteiger charge is 2.24. The Balaban J connectivity index is 3.68. The Kier molecular flexibility index (Phi) is 3.17. The molecule has 5 nitrogen and oxygen atoms in total. The van der Waals surface area contributed by atoms with Crippen LogP contribution in [0.15, 0.2) is 16.6 Å². The molecule has 0 unspecified atom stereocenters. The van der Waals surface area contributed by atoms with Gasteiger partial charge in [0.2, 0.25) is 0 Å². The number of carbonyl (C=O) groups is 1. The second-order valence-corrected chi connectivity index (χ2v) is 3.60. The Morgan fingerprint density at radius 2 is 2.20 bits per heavy atom. The minimum Gasteiger partial charge on any atom is -0.294 e. The number of benzene rings is 1. The topological polar surface area (TPSA) is 84.0 Å². The third kappa shape index (κ3) is 2.02. The lowest BCUT2D eigenvalue weighted by molar-refractivity contribution is -0.385. The highest BCUT2D eigenvalue weighted by Crippen LogP contribution is 2.31. The SMILES string of the molecule is CC(=O)c1c(C#N)ccc(Br)c1[N+](=O)[O-]. The molecule has 0 fully saturated rings. The Morgan fingerprint density at radius 3 is 2.60 bits per heavy atom. The van der Waals surface area contributed by atoms with E-state index in [4.69, 9.17) is 5.26 Å². The molecule has 0 aliphatic heterocycles. The molecule has 0 aliphatic carbocycles. The molecule has 76 valence electrons. The molecule has 15 heavy (non-hydrogen) atoms. The smallest absolute Gasteiger partial charge is 0.294 e. The summed E-state index contributed by atoms with van der Waals surface area (Å²) in [4.78, 5) is 21.3. The number of halogens is 1. The normalized spacial score (nSPS) is 9.40. The van der Waals surface area contributed by atoms with E-state index in [1.165, 1.54) is 19.1 Å². The van der Waals surface area contributed by atoms with Gasteiger partial charge in [0.05, 0.1) is 15.0 Å². The van der Waals surface area contributed by atoms with Crippen molar-refractivity contribution in [3.8, 4) is 6.07 Å². The number of carbonyl (C=O) groups excluding carboxylic acids is 1. The van der Waals surface area contributed by atoms with Gasteiger partial charge < -0.3 is 0 Å². The summed E-state index contributed by atoms with van der Waals surface area (Å²) in [6.45, 7) is 1.19. The maximum atomic E-state index is 11.2. The molecular weight excluding hydrogens is 264 g/mol. The summed E-state index contributed by atoms with van der Waals surface area (Å²) in [5, 5.41) is 19.5. The fourth-order valence-corrected chi connectivity index (χ4v) is 1.67. The van der Waals surface area contributed by atoms with E-state index in [9.17, 15) is 14.9 Å². The van der Waals surface area contributed by atoms with Crippen LogP contribution in [-0.4, -0.2) is 10.7 Å². The molecule has 0 saturated heterocycles. The van der Waals surface area contributed by atoms with Crippen molar-refractivity contribution in [1.29, 1.82) is 5.26 Å². The van der Waals surface area contributed by atoms with E-state index in [0.717, 1.165) is 0 Å². The van der Waals surface area contributed by atoms with Crippen LogP contribution in [0.4, 0.5) is 5.69 Å². The number of hydrogen-bond acceptors (Lipinski definition) is 4. The Bertz CT molecular complexity index is 491. The number of ketones is 1. The number of nitriles is 1. The second-order valence-electron chi connectivity index (χ2n) is 2.74. The van der Waals surface area contributed by atoms with Gasteiger partial charge in [0.25, 0.3) is 5.69 Å². The van der Waals surface area contributed by atoms with Crippen molar-refractivity contribution in [3.63, 3.8) is 0 Å². The fourth-order valence-electron chi connectivity index (χ4n) is 1.19. The van der Waals surface area contributed by atoms with Crippen molar-refractivity contribution in [3.05, 3.63) is 37.8 Å².